The monoisotopic (exact) mass is 247 g/mol. The summed E-state index contributed by atoms with van der Waals surface area (Å²) < 4.78 is 0. The van der Waals surface area contributed by atoms with Crippen molar-refractivity contribution in [3.63, 3.8) is 0 Å². The second kappa shape index (κ2) is 6.75. The van der Waals surface area contributed by atoms with Crippen LogP contribution in [-0.2, 0) is 9.59 Å². The fourth-order valence-corrected chi connectivity index (χ4v) is 2.27. The van der Waals surface area contributed by atoms with Crippen LogP contribution in [0.4, 0.5) is 0 Å². The smallest absolute Gasteiger partial charge is 0.313 e. The molecular weight excluding hydrogens is 230 g/mol. The predicted octanol–water partition coefficient (Wildman–Crippen LogP) is 0.224. The van der Waals surface area contributed by atoms with Gasteiger partial charge in [-0.15, -0.1) is 11.8 Å². The molecule has 92 valence electrons. The summed E-state index contributed by atoms with van der Waals surface area (Å²) in [6.07, 6.45) is 2.84. The summed E-state index contributed by atoms with van der Waals surface area (Å²) in [5.74, 6) is -0.881. The molecule has 0 heterocycles. The number of rotatable bonds is 5. The van der Waals surface area contributed by atoms with Crippen molar-refractivity contribution in [2.45, 2.75) is 37.8 Å². The Kier molecular flexibility index (Phi) is 5.62. The van der Waals surface area contributed by atoms with Crippen molar-refractivity contribution in [1.82, 2.24) is 5.32 Å². The molecule has 16 heavy (non-hydrogen) atoms. The Labute approximate surface area is 98.6 Å². The second-order valence-electron chi connectivity index (χ2n) is 3.96. The van der Waals surface area contributed by atoms with Gasteiger partial charge in [-0.2, -0.15) is 0 Å². The van der Waals surface area contributed by atoms with Crippen molar-refractivity contribution in [3.8, 4) is 0 Å². The summed E-state index contributed by atoms with van der Waals surface area (Å²) >= 11 is 1.10. The van der Waals surface area contributed by atoms with E-state index >= 15 is 0 Å². The van der Waals surface area contributed by atoms with Crippen molar-refractivity contribution >= 4 is 23.6 Å². The first-order chi connectivity index (χ1) is 7.58. The third-order valence-corrected chi connectivity index (χ3v) is 3.44. The van der Waals surface area contributed by atoms with E-state index in [1.807, 2.05) is 0 Å². The Morgan fingerprint density at radius 2 is 1.81 bits per heavy atom. The number of carboxylic acid groups (broad SMARTS) is 1. The van der Waals surface area contributed by atoms with Crippen LogP contribution < -0.4 is 5.32 Å². The molecule has 1 amide bonds. The highest BCUT2D eigenvalue weighted by molar-refractivity contribution is 8.00. The summed E-state index contributed by atoms with van der Waals surface area (Å²) in [4.78, 5) is 21.6. The van der Waals surface area contributed by atoms with Gasteiger partial charge in [0.25, 0.3) is 0 Å². The molecule has 0 saturated heterocycles. The lowest BCUT2D eigenvalue weighted by atomic mass is 9.93. The zero-order valence-corrected chi connectivity index (χ0v) is 9.83. The van der Waals surface area contributed by atoms with E-state index in [-0.39, 0.29) is 29.6 Å². The van der Waals surface area contributed by atoms with Crippen molar-refractivity contribution in [3.05, 3.63) is 0 Å². The quantitative estimate of drug-likeness (QED) is 0.647. The zero-order valence-electron chi connectivity index (χ0n) is 9.02. The number of thioether (sulfide) groups is 1. The number of hydrogen-bond donors (Lipinski definition) is 3. The maximum absolute atomic E-state index is 11.4. The van der Waals surface area contributed by atoms with Crippen LogP contribution in [0, 0.1) is 0 Å². The van der Waals surface area contributed by atoms with Gasteiger partial charge in [-0.3, -0.25) is 9.59 Å². The van der Waals surface area contributed by atoms with Gasteiger partial charge in [0.15, 0.2) is 0 Å². The lowest BCUT2D eigenvalue weighted by Crippen LogP contribution is -2.39. The summed E-state index contributed by atoms with van der Waals surface area (Å²) in [7, 11) is 0. The molecular formula is C10H17NO4S. The van der Waals surface area contributed by atoms with Gasteiger partial charge < -0.3 is 15.5 Å². The largest absolute Gasteiger partial charge is 0.481 e. The number of carbonyl (C=O) groups is 2. The molecule has 1 saturated carbocycles. The van der Waals surface area contributed by atoms with E-state index in [4.69, 9.17) is 5.11 Å². The van der Waals surface area contributed by atoms with Crippen LogP contribution in [0.2, 0.25) is 0 Å². The van der Waals surface area contributed by atoms with Gasteiger partial charge in [-0.1, -0.05) is 0 Å². The molecule has 0 atom stereocenters. The zero-order chi connectivity index (χ0) is 12.0. The topological polar surface area (TPSA) is 86.6 Å². The van der Waals surface area contributed by atoms with Crippen molar-refractivity contribution < 1.29 is 19.8 Å². The molecule has 6 heteroatoms. The molecule has 1 rings (SSSR count). The first-order valence-corrected chi connectivity index (χ1v) is 6.50. The van der Waals surface area contributed by atoms with Gasteiger partial charge in [0.2, 0.25) is 5.91 Å². The third kappa shape index (κ3) is 5.37. The van der Waals surface area contributed by atoms with E-state index in [0.29, 0.717) is 0 Å². The van der Waals surface area contributed by atoms with Crippen LogP contribution in [-0.4, -0.2) is 45.7 Å². The minimum atomic E-state index is -0.904. The number of aliphatic carboxylic acids is 1. The van der Waals surface area contributed by atoms with E-state index in [1.165, 1.54) is 0 Å². The normalized spacial score (nSPS) is 25.1. The Morgan fingerprint density at radius 3 is 2.38 bits per heavy atom. The predicted molar refractivity (Wildman–Crippen MR) is 61.4 cm³/mol. The Morgan fingerprint density at radius 1 is 1.19 bits per heavy atom. The van der Waals surface area contributed by atoms with Crippen molar-refractivity contribution in [2.24, 2.45) is 0 Å². The number of carbonyl (C=O) groups excluding carboxylic acids is 1. The van der Waals surface area contributed by atoms with Crippen LogP contribution in [0.15, 0.2) is 0 Å². The maximum Gasteiger partial charge on any atom is 0.313 e. The fourth-order valence-electron chi connectivity index (χ4n) is 1.72. The molecule has 0 aromatic heterocycles. The molecule has 1 aliphatic carbocycles. The third-order valence-electron chi connectivity index (χ3n) is 2.52. The van der Waals surface area contributed by atoms with E-state index in [1.54, 1.807) is 0 Å². The lowest BCUT2D eigenvalue weighted by Gasteiger charge is -2.26. The lowest BCUT2D eigenvalue weighted by molar-refractivity contribution is -0.133. The molecule has 1 fully saturated rings. The number of carboxylic acids is 1. The molecule has 0 bridgehead atoms. The van der Waals surface area contributed by atoms with E-state index in [9.17, 15) is 14.7 Å². The summed E-state index contributed by atoms with van der Waals surface area (Å²) in [6.45, 7) is 0. The molecule has 5 nitrogen and oxygen atoms in total. The maximum atomic E-state index is 11.4. The van der Waals surface area contributed by atoms with Crippen LogP contribution in [0.3, 0.4) is 0 Å². The Hall–Kier alpha value is -0.750. The molecule has 0 aromatic carbocycles. The summed E-state index contributed by atoms with van der Waals surface area (Å²) in [5.41, 5.74) is 0. The van der Waals surface area contributed by atoms with Gasteiger partial charge in [-0.05, 0) is 25.7 Å². The second-order valence-corrected chi connectivity index (χ2v) is 4.95. The number of aliphatic hydroxyl groups excluding tert-OH is 1. The van der Waals surface area contributed by atoms with Crippen LogP contribution >= 0.6 is 11.8 Å². The minimum absolute atomic E-state index is 0.0448. The van der Waals surface area contributed by atoms with Gasteiger partial charge >= 0.3 is 5.97 Å². The van der Waals surface area contributed by atoms with Crippen LogP contribution in [0.5, 0.6) is 0 Å². The number of aliphatic hydroxyl groups is 1. The van der Waals surface area contributed by atoms with Crippen LogP contribution in [0.25, 0.3) is 0 Å². The van der Waals surface area contributed by atoms with E-state index in [0.717, 1.165) is 37.4 Å². The fraction of sp³-hybridized carbons (Fsp3) is 0.800. The molecule has 1 aliphatic rings. The minimum Gasteiger partial charge on any atom is -0.481 e. The first-order valence-electron chi connectivity index (χ1n) is 5.35. The SMILES string of the molecule is O=C(O)CSCC(=O)NC1CCC(O)CC1. The number of nitrogens with one attached hydrogen (secondary N) is 1. The summed E-state index contributed by atoms with van der Waals surface area (Å²) in [6, 6.07) is 0.140. The standard InChI is InChI=1S/C10H17NO4S/c12-8-3-1-7(2-4-8)11-9(13)5-16-6-10(14)15/h7-8,12H,1-6H2,(H,11,13)(H,14,15). The molecule has 3 N–H and O–H groups in total. The van der Waals surface area contributed by atoms with Crippen molar-refractivity contribution in [2.75, 3.05) is 11.5 Å². The molecule has 0 radical (unpaired) electrons. The average Bonchev–Trinajstić information content (AvgIpc) is 2.21. The molecule has 0 aromatic rings. The van der Waals surface area contributed by atoms with Gasteiger partial charge in [0, 0.05) is 6.04 Å². The number of hydrogen-bond acceptors (Lipinski definition) is 4. The highest BCUT2D eigenvalue weighted by atomic mass is 32.2. The number of amides is 1. The van der Waals surface area contributed by atoms with E-state index in [2.05, 4.69) is 5.32 Å². The average molecular weight is 247 g/mol. The van der Waals surface area contributed by atoms with Gasteiger partial charge in [0.05, 0.1) is 17.6 Å². The first kappa shape index (κ1) is 13.3. The van der Waals surface area contributed by atoms with Crippen molar-refractivity contribution in [1.29, 1.82) is 0 Å². The molecule has 0 unspecified atom stereocenters. The summed E-state index contributed by atoms with van der Waals surface area (Å²) in [5, 5.41) is 20.5. The Bertz CT molecular complexity index is 251. The molecule has 0 aliphatic heterocycles. The van der Waals surface area contributed by atoms with Gasteiger partial charge in [-0.25, -0.2) is 0 Å². The highest BCUT2D eigenvalue weighted by Crippen LogP contribution is 2.18. The highest BCUT2D eigenvalue weighted by Gasteiger charge is 2.20. The molecule has 0 spiro atoms. The Balaban J connectivity index is 2.11. The van der Waals surface area contributed by atoms with Gasteiger partial charge in [0.1, 0.15) is 0 Å². The van der Waals surface area contributed by atoms with E-state index < -0.39 is 5.97 Å². The van der Waals surface area contributed by atoms with Crippen LogP contribution in [0.1, 0.15) is 25.7 Å².